The first-order chi connectivity index (χ1) is 7.33. The lowest BCUT2D eigenvalue weighted by Crippen LogP contribution is -2.19. The average molecular weight is 213 g/mol. The first kappa shape index (κ1) is 12.5. The molecule has 1 saturated carbocycles. The van der Waals surface area contributed by atoms with Gasteiger partial charge in [-0.25, -0.2) is 0 Å². The maximum atomic E-state index is 10.9. The van der Waals surface area contributed by atoms with Gasteiger partial charge in [-0.1, -0.05) is 25.7 Å². The van der Waals surface area contributed by atoms with Crippen molar-refractivity contribution in [2.24, 2.45) is 5.92 Å². The number of ether oxygens (including phenoxy) is 1. The van der Waals surface area contributed by atoms with Gasteiger partial charge in [0.05, 0.1) is 6.61 Å². The molecule has 88 valence electrons. The quantitative estimate of drug-likeness (QED) is 0.658. The SMILES string of the molecule is CNC(=O)CCOCCCC1CCCC1. The van der Waals surface area contributed by atoms with Gasteiger partial charge in [-0.05, 0) is 18.8 Å². The van der Waals surface area contributed by atoms with Gasteiger partial charge in [0.2, 0.25) is 5.91 Å². The van der Waals surface area contributed by atoms with Crippen LogP contribution in [0.5, 0.6) is 0 Å². The molecule has 0 aromatic carbocycles. The maximum absolute atomic E-state index is 10.9. The van der Waals surface area contributed by atoms with Gasteiger partial charge in [0.1, 0.15) is 0 Å². The highest BCUT2D eigenvalue weighted by Gasteiger charge is 2.13. The van der Waals surface area contributed by atoms with Crippen LogP contribution in [0.25, 0.3) is 0 Å². The summed E-state index contributed by atoms with van der Waals surface area (Å²) in [6, 6.07) is 0. The molecule has 1 fully saturated rings. The van der Waals surface area contributed by atoms with Crippen molar-refractivity contribution in [1.82, 2.24) is 5.32 Å². The molecule has 0 atom stereocenters. The third kappa shape index (κ3) is 5.78. The van der Waals surface area contributed by atoms with Gasteiger partial charge in [-0.3, -0.25) is 4.79 Å². The van der Waals surface area contributed by atoms with Gasteiger partial charge >= 0.3 is 0 Å². The predicted molar refractivity (Wildman–Crippen MR) is 60.7 cm³/mol. The highest BCUT2D eigenvalue weighted by Crippen LogP contribution is 2.28. The molecule has 1 amide bonds. The van der Waals surface area contributed by atoms with E-state index < -0.39 is 0 Å². The van der Waals surface area contributed by atoms with Crippen LogP contribution in [0.4, 0.5) is 0 Å². The molecular weight excluding hydrogens is 190 g/mol. The first-order valence-electron chi connectivity index (χ1n) is 6.11. The van der Waals surface area contributed by atoms with Gasteiger partial charge in [-0.15, -0.1) is 0 Å². The largest absolute Gasteiger partial charge is 0.381 e. The third-order valence-electron chi connectivity index (χ3n) is 3.13. The van der Waals surface area contributed by atoms with E-state index in [1.807, 2.05) is 0 Å². The van der Waals surface area contributed by atoms with E-state index in [2.05, 4.69) is 5.32 Å². The molecule has 0 radical (unpaired) electrons. The number of hydrogen-bond donors (Lipinski definition) is 1. The van der Waals surface area contributed by atoms with Crippen LogP contribution in [-0.4, -0.2) is 26.2 Å². The Labute approximate surface area is 92.6 Å². The van der Waals surface area contributed by atoms with Gasteiger partial charge < -0.3 is 10.1 Å². The third-order valence-corrected chi connectivity index (χ3v) is 3.13. The van der Waals surface area contributed by atoms with Gasteiger partial charge in [0.25, 0.3) is 0 Å². The summed E-state index contributed by atoms with van der Waals surface area (Å²) >= 11 is 0. The van der Waals surface area contributed by atoms with E-state index >= 15 is 0 Å². The van der Waals surface area contributed by atoms with Crippen molar-refractivity contribution in [2.75, 3.05) is 20.3 Å². The Bertz CT molecular complexity index is 176. The molecule has 0 aliphatic heterocycles. The lowest BCUT2D eigenvalue weighted by molar-refractivity contribution is -0.121. The summed E-state index contributed by atoms with van der Waals surface area (Å²) in [4.78, 5) is 10.9. The van der Waals surface area contributed by atoms with Crippen LogP contribution in [0, 0.1) is 5.92 Å². The van der Waals surface area contributed by atoms with E-state index in [4.69, 9.17) is 4.74 Å². The number of carbonyl (C=O) groups is 1. The zero-order valence-corrected chi connectivity index (χ0v) is 9.76. The predicted octanol–water partition coefficient (Wildman–Crippen LogP) is 2.11. The number of amides is 1. The zero-order valence-electron chi connectivity index (χ0n) is 9.76. The summed E-state index contributed by atoms with van der Waals surface area (Å²) in [5.74, 6) is 1.01. The lowest BCUT2D eigenvalue weighted by Gasteiger charge is -2.08. The number of hydrogen-bond acceptors (Lipinski definition) is 2. The summed E-state index contributed by atoms with van der Waals surface area (Å²) < 4.78 is 5.41. The standard InChI is InChI=1S/C12H23NO2/c1-13-12(14)8-10-15-9-4-7-11-5-2-3-6-11/h11H,2-10H2,1H3,(H,13,14). The molecule has 0 aromatic heterocycles. The summed E-state index contributed by atoms with van der Waals surface area (Å²) in [6.45, 7) is 1.37. The fourth-order valence-electron chi connectivity index (χ4n) is 2.17. The minimum Gasteiger partial charge on any atom is -0.381 e. The molecule has 0 saturated heterocycles. The molecule has 1 rings (SSSR count). The molecule has 0 aromatic rings. The number of nitrogens with one attached hydrogen (secondary N) is 1. The maximum Gasteiger partial charge on any atom is 0.222 e. The molecule has 1 aliphatic rings. The summed E-state index contributed by atoms with van der Waals surface area (Å²) in [6.07, 6.45) is 8.61. The van der Waals surface area contributed by atoms with Crippen molar-refractivity contribution in [2.45, 2.75) is 44.9 Å². The molecule has 3 heteroatoms. The Balaban J connectivity index is 1.82. The minimum absolute atomic E-state index is 0.0609. The monoisotopic (exact) mass is 213 g/mol. The number of carbonyl (C=O) groups excluding carboxylic acids is 1. The summed E-state index contributed by atoms with van der Waals surface area (Å²) in [5, 5.41) is 2.58. The lowest BCUT2D eigenvalue weighted by atomic mass is 10.0. The van der Waals surface area contributed by atoms with E-state index in [1.54, 1.807) is 7.05 Å². The van der Waals surface area contributed by atoms with Crippen LogP contribution in [0.3, 0.4) is 0 Å². The minimum atomic E-state index is 0.0609. The summed E-state index contributed by atoms with van der Waals surface area (Å²) in [5.41, 5.74) is 0. The summed E-state index contributed by atoms with van der Waals surface area (Å²) in [7, 11) is 1.66. The van der Waals surface area contributed by atoms with Crippen molar-refractivity contribution < 1.29 is 9.53 Å². The Hall–Kier alpha value is -0.570. The second kappa shape index (κ2) is 7.69. The van der Waals surface area contributed by atoms with E-state index in [9.17, 15) is 4.79 Å². The van der Waals surface area contributed by atoms with Crippen LogP contribution in [0.15, 0.2) is 0 Å². The van der Waals surface area contributed by atoms with Crippen molar-refractivity contribution in [3.63, 3.8) is 0 Å². The van der Waals surface area contributed by atoms with Crippen LogP contribution in [0.2, 0.25) is 0 Å². The normalized spacial score (nSPS) is 16.9. The van der Waals surface area contributed by atoms with Crippen LogP contribution in [-0.2, 0) is 9.53 Å². The van der Waals surface area contributed by atoms with Crippen LogP contribution < -0.4 is 5.32 Å². The molecule has 0 spiro atoms. The van der Waals surface area contributed by atoms with E-state index in [1.165, 1.54) is 32.1 Å². The second-order valence-electron chi connectivity index (χ2n) is 4.33. The van der Waals surface area contributed by atoms with Crippen LogP contribution >= 0.6 is 0 Å². The number of rotatable bonds is 7. The first-order valence-corrected chi connectivity index (χ1v) is 6.11. The smallest absolute Gasteiger partial charge is 0.222 e. The molecule has 1 N–H and O–H groups in total. The molecule has 1 aliphatic carbocycles. The van der Waals surface area contributed by atoms with Crippen molar-refractivity contribution in [1.29, 1.82) is 0 Å². The molecule has 0 bridgehead atoms. The topological polar surface area (TPSA) is 38.3 Å². The average Bonchev–Trinajstić information content (AvgIpc) is 2.75. The highest BCUT2D eigenvalue weighted by molar-refractivity contribution is 5.75. The Morgan fingerprint density at radius 3 is 2.73 bits per heavy atom. The van der Waals surface area contributed by atoms with Gasteiger partial charge in [0.15, 0.2) is 0 Å². The Morgan fingerprint density at radius 1 is 1.33 bits per heavy atom. The fourth-order valence-corrected chi connectivity index (χ4v) is 2.17. The van der Waals surface area contributed by atoms with E-state index in [0.29, 0.717) is 13.0 Å². The van der Waals surface area contributed by atoms with Crippen molar-refractivity contribution >= 4 is 5.91 Å². The van der Waals surface area contributed by atoms with Gasteiger partial charge in [-0.2, -0.15) is 0 Å². The Morgan fingerprint density at radius 2 is 2.07 bits per heavy atom. The fraction of sp³-hybridized carbons (Fsp3) is 0.917. The van der Waals surface area contributed by atoms with Gasteiger partial charge in [0, 0.05) is 20.1 Å². The van der Waals surface area contributed by atoms with E-state index in [0.717, 1.165) is 18.9 Å². The van der Waals surface area contributed by atoms with Crippen LogP contribution in [0.1, 0.15) is 44.9 Å². The Kier molecular flexibility index (Phi) is 6.41. The molecular formula is C12H23NO2. The molecule has 3 nitrogen and oxygen atoms in total. The van der Waals surface area contributed by atoms with E-state index in [-0.39, 0.29) is 5.91 Å². The molecule has 0 unspecified atom stereocenters. The van der Waals surface area contributed by atoms with Crippen molar-refractivity contribution in [3.05, 3.63) is 0 Å². The second-order valence-corrected chi connectivity index (χ2v) is 4.33. The van der Waals surface area contributed by atoms with Crippen molar-refractivity contribution in [3.8, 4) is 0 Å². The highest BCUT2D eigenvalue weighted by atomic mass is 16.5. The molecule has 0 heterocycles. The zero-order chi connectivity index (χ0) is 10.9. The molecule has 15 heavy (non-hydrogen) atoms.